The van der Waals surface area contributed by atoms with E-state index in [1.54, 1.807) is 6.92 Å². The van der Waals surface area contributed by atoms with Crippen molar-refractivity contribution in [2.45, 2.75) is 13.3 Å². The van der Waals surface area contributed by atoms with Crippen molar-refractivity contribution in [2.75, 3.05) is 6.54 Å². The van der Waals surface area contributed by atoms with Gasteiger partial charge in [-0.15, -0.1) is 0 Å². The van der Waals surface area contributed by atoms with Crippen molar-refractivity contribution in [1.29, 1.82) is 0 Å². The molecule has 0 unspecified atom stereocenters. The van der Waals surface area contributed by atoms with Crippen molar-refractivity contribution >= 4 is 5.91 Å². The standard InChI is InChI=1S/C12H12FN3O3/c1-7-15-11(19-16-7)4-5-14-12(18)9-6-8(13)2-3-10(9)17/h2-3,6,17H,4-5H2,1H3,(H,14,18). The van der Waals surface area contributed by atoms with Crippen LogP contribution in [-0.2, 0) is 6.42 Å². The van der Waals surface area contributed by atoms with Gasteiger partial charge >= 0.3 is 0 Å². The molecule has 1 aromatic heterocycles. The molecule has 0 atom stereocenters. The van der Waals surface area contributed by atoms with E-state index in [2.05, 4.69) is 15.5 Å². The van der Waals surface area contributed by atoms with E-state index in [-0.39, 0.29) is 17.9 Å². The number of rotatable bonds is 4. The summed E-state index contributed by atoms with van der Waals surface area (Å²) >= 11 is 0. The highest BCUT2D eigenvalue weighted by molar-refractivity contribution is 5.96. The lowest BCUT2D eigenvalue weighted by Gasteiger charge is -2.05. The number of carbonyl (C=O) groups excluding carboxylic acids is 1. The summed E-state index contributed by atoms with van der Waals surface area (Å²) in [4.78, 5) is 15.7. The van der Waals surface area contributed by atoms with Crippen LogP contribution < -0.4 is 5.32 Å². The number of aromatic hydroxyl groups is 1. The zero-order valence-electron chi connectivity index (χ0n) is 10.2. The van der Waals surface area contributed by atoms with Gasteiger partial charge in [0.05, 0.1) is 5.56 Å². The van der Waals surface area contributed by atoms with Gasteiger partial charge in [0.25, 0.3) is 5.91 Å². The lowest BCUT2D eigenvalue weighted by Crippen LogP contribution is -2.26. The number of nitrogens with zero attached hydrogens (tertiary/aromatic N) is 2. The number of phenols is 1. The number of carbonyl (C=O) groups is 1. The number of benzene rings is 1. The number of hydrogen-bond acceptors (Lipinski definition) is 5. The van der Waals surface area contributed by atoms with Crippen molar-refractivity contribution in [3.63, 3.8) is 0 Å². The molecule has 0 bridgehead atoms. The second kappa shape index (κ2) is 5.47. The predicted octanol–water partition coefficient (Wildman–Crippen LogP) is 1.20. The fourth-order valence-corrected chi connectivity index (χ4v) is 1.51. The Balaban J connectivity index is 1.92. The minimum atomic E-state index is -0.588. The molecule has 1 heterocycles. The Labute approximate surface area is 108 Å². The molecule has 100 valence electrons. The van der Waals surface area contributed by atoms with Crippen LogP contribution in [0.15, 0.2) is 22.7 Å². The molecule has 19 heavy (non-hydrogen) atoms. The third-order valence-corrected chi connectivity index (χ3v) is 2.40. The van der Waals surface area contributed by atoms with Crippen molar-refractivity contribution in [3.05, 3.63) is 41.3 Å². The molecule has 2 aromatic rings. The summed E-state index contributed by atoms with van der Waals surface area (Å²) in [5, 5.41) is 15.6. The van der Waals surface area contributed by atoms with Crippen molar-refractivity contribution in [3.8, 4) is 5.75 Å². The molecule has 0 saturated heterocycles. The van der Waals surface area contributed by atoms with Gasteiger partial charge in [-0.05, 0) is 25.1 Å². The third kappa shape index (κ3) is 3.27. The lowest BCUT2D eigenvalue weighted by atomic mass is 10.2. The highest BCUT2D eigenvalue weighted by Crippen LogP contribution is 2.17. The van der Waals surface area contributed by atoms with Crippen LogP contribution in [0.3, 0.4) is 0 Å². The molecule has 0 radical (unpaired) electrons. The molecule has 2 N–H and O–H groups in total. The van der Waals surface area contributed by atoms with Gasteiger partial charge in [-0.25, -0.2) is 4.39 Å². The Morgan fingerprint density at radius 2 is 2.32 bits per heavy atom. The smallest absolute Gasteiger partial charge is 0.255 e. The van der Waals surface area contributed by atoms with Crippen LogP contribution >= 0.6 is 0 Å². The maximum absolute atomic E-state index is 13.0. The van der Waals surface area contributed by atoms with Gasteiger partial charge in [0.1, 0.15) is 11.6 Å². The molecule has 2 rings (SSSR count). The van der Waals surface area contributed by atoms with E-state index in [1.165, 1.54) is 0 Å². The quantitative estimate of drug-likeness (QED) is 0.867. The summed E-state index contributed by atoms with van der Waals surface area (Å²) < 4.78 is 17.8. The Morgan fingerprint density at radius 3 is 3.00 bits per heavy atom. The molecule has 7 heteroatoms. The number of hydrogen-bond donors (Lipinski definition) is 2. The topological polar surface area (TPSA) is 88.2 Å². The molecular weight excluding hydrogens is 253 g/mol. The number of amides is 1. The van der Waals surface area contributed by atoms with Crippen LogP contribution in [0.4, 0.5) is 4.39 Å². The molecule has 1 aromatic carbocycles. The van der Waals surface area contributed by atoms with E-state index in [0.29, 0.717) is 18.1 Å². The minimum absolute atomic E-state index is 0.110. The van der Waals surface area contributed by atoms with Crippen LogP contribution in [0.2, 0.25) is 0 Å². The van der Waals surface area contributed by atoms with Gasteiger partial charge in [0.2, 0.25) is 5.89 Å². The molecule has 0 saturated carbocycles. The lowest BCUT2D eigenvalue weighted by molar-refractivity contribution is 0.0950. The van der Waals surface area contributed by atoms with E-state index in [1.807, 2.05) is 0 Å². The first-order valence-electron chi connectivity index (χ1n) is 5.62. The summed E-state index contributed by atoms with van der Waals surface area (Å²) in [5.41, 5.74) is -0.110. The zero-order chi connectivity index (χ0) is 13.8. The number of phenolic OH excluding ortho intramolecular Hbond substituents is 1. The zero-order valence-corrected chi connectivity index (χ0v) is 10.2. The van der Waals surface area contributed by atoms with E-state index in [4.69, 9.17) is 4.52 Å². The Morgan fingerprint density at radius 1 is 1.53 bits per heavy atom. The Bertz CT molecular complexity index is 598. The second-order valence-corrected chi connectivity index (χ2v) is 3.90. The van der Waals surface area contributed by atoms with Crippen LogP contribution in [0.1, 0.15) is 22.1 Å². The SMILES string of the molecule is Cc1noc(CCNC(=O)c2cc(F)ccc2O)n1. The average molecular weight is 265 g/mol. The van der Waals surface area contributed by atoms with Gasteiger partial charge in [0, 0.05) is 13.0 Å². The van der Waals surface area contributed by atoms with Gasteiger partial charge in [0.15, 0.2) is 5.82 Å². The van der Waals surface area contributed by atoms with E-state index < -0.39 is 11.7 Å². The molecule has 0 aliphatic rings. The molecule has 6 nitrogen and oxygen atoms in total. The first kappa shape index (κ1) is 13.0. The largest absolute Gasteiger partial charge is 0.507 e. The van der Waals surface area contributed by atoms with Crippen molar-refractivity contribution in [1.82, 2.24) is 15.5 Å². The Kier molecular flexibility index (Phi) is 3.74. The Hall–Kier alpha value is -2.44. The number of nitrogens with one attached hydrogen (secondary N) is 1. The average Bonchev–Trinajstić information content (AvgIpc) is 2.78. The molecule has 0 spiro atoms. The summed E-state index contributed by atoms with van der Waals surface area (Å²) in [6, 6.07) is 3.18. The fraction of sp³-hybridized carbons (Fsp3) is 0.250. The molecule has 0 aliphatic heterocycles. The summed E-state index contributed by atoms with van der Waals surface area (Å²) in [6.45, 7) is 1.94. The van der Waals surface area contributed by atoms with Gasteiger partial charge in [-0.1, -0.05) is 5.16 Å². The highest BCUT2D eigenvalue weighted by Gasteiger charge is 2.12. The van der Waals surface area contributed by atoms with Crippen LogP contribution in [-0.4, -0.2) is 27.7 Å². The molecular formula is C12H12FN3O3. The monoisotopic (exact) mass is 265 g/mol. The highest BCUT2D eigenvalue weighted by atomic mass is 19.1. The third-order valence-electron chi connectivity index (χ3n) is 2.40. The van der Waals surface area contributed by atoms with Crippen LogP contribution in [0.5, 0.6) is 5.75 Å². The van der Waals surface area contributed by atoms with Crippen LogP contribution in [0, 0.1) is 12.7 Å². The normalized spacial score (nSPS) is 10.4. The van der Waals surface area contributed by atoms with Crippen molar-refractivity contribution < 1.29 is 18.8 Å². The van der Waals surface area contributed by atoms with Gasteiger partial charge in [-0.3, -0.25) is 4.79 Å². The van der Waals surface area contributed by atoms with Gasteiger partial charge < -0.3 is 14.9 Å². The number of halogens is 1. The summed E-state index contributed by atoms with van der Waals surface area (Å²) in [5.74, 6) is -0.499. The summed E-state index contributed by atoms with van der Waals surface area (Å²) in [6.07, 6.45) is 0.364. The summed E-state index contributed by atoms with van der Waals surface area (Å²) in [7, 11) is 0. The second-order valence-electron chi connectivity index (χ2n) is 3.90. The molecule has 0 aliphatic carbocycles. The van der Waals surface area contributed by atoms with E-state index >= 15 is 0 Å². The maximum Gasteiger partial charge on any atom is 0.255 e. The first-order chi connectivity index (χ1) is 9.06. The molecule has 1 amide bonds. The number of aryl methyl sites for hydroxylation is 1. The maximum atomic E-state index is 13.0. The van der Waals surface area contributed by atoms with E-state index in [9.17, 15) is 14.3 Å². The fourth-order valence-electron chi connectivity index (χ4n) is 1.51. The minimum Gasteiger partial charge on any atom is -0.507 e. The van der Waals surface area contributed by atoms with Gasteiger partial charge in [-0.2, -0.15) is 4.98 Å². The predicted molar refractivity (Wildman–Crippen MR) is 63.1 cm³/mol. The van der Waals surface area contributed by atoms with Crippen LogP contribution in [0.25, 0.3) is 0 Å². The number of aromatic nitrogens is 2. The molecule has 0 fully saturated rings. The van der Waals surface area contributed by atoms with Crippen molar-refractivity contribution in [2.24, 2.45) is 0 Å². The first-order valence-corrected chi connectivity index (χ1v) is 5.62. The van der Waals surface area contributed by atoms with E-state index in [0.717, 1.165) is 18.2 Å².